The molecule has 21 heavy (non-hydrogen) atoms. The van der Waals surface area contributed by atoms with Gasteiger partial charge in [0.2, 0.25) is 5.88 Å². The molecule has 0 radical (unpaired) electrons. The highest BCUT2D eigenvalue weighted by atomic mass is 35.5. The molecule has 0 amide bonds. The average Bonchev–Trinajstić information content (AvgIpc) is 2.67. The van der Waals surface area contributed by atoms with Gasteiger partial charge in [0.05, 0.1) is 0 Å². The topological polar surface area (TPSA) is 25.4 Å². The highest BCUT2D eigenvalue weighted by molar-refractivity contribution is 6.29. The van der Waals surface area contributed by atoms with Crippen molar-refractivity contribution < 1.29 is 9.13 Å². The molecule has 0 saturated carbocycles. The summed E-state index contributed by atoms with van der Waals surface area (Å²) in [5.74, 6) is 0.540. The van der Waals surface area contributed by atoms with Crippen LogP contribution in [0.15, 0.2) is 42.5 Å². The minimum Gasteiger partial charge on any atom is -0.468 e. The van der Waals surface area contributed by atoms with E-state index in [1.807, 2.05) is 41.3 Å². The van der Waals surface area contributed by atoms with E-state index in [1.165, 1.54) is 0 Å². The number of fused-ring (bicyclic) bond motifs is 1. The Morgan fingerprint density at radius 1 is 1.24 bits per heavy atom. The molecule has 3 rings (SSSR count). The molecule has 1 aromatic heterocycles. The highest BCUT2D eigenvalue weighted by Crippen LogP contribution is 2.30. The van der Waals surface area contributed by atoms with Crippen LogP contribution in [0.1, 0.15) is 17.2 Å². The van der Waals surface area contributed by atoms with E-state index >= 15 is 0 Å². The lowest BCUT2D eigenvalue weighted by molar-refractivity contribution is 0.139. The van der Waals surface area contributed by atoms with Gasteiger partial charge in [-0.15, -0.1) is 0 Å². The molecule has 0 fully saturated rings. The molecule has 0 saturated heterocycles. The summed E-state index contributed by atoms with van der Waals surface area (Å²) in [7, 11) is 0. The van der Waals surface area contributed by atoms with Gasteiger partial charge in [0, 0.05) is 25.2 Å². The quantitative estimate of drug-likeness (QED) is 0.810. The Morgan fingerprint density at radius 3 is 2.81 bits per heavy atom. The SMILES string of the molecule is FCCN1Cc2ccc(Cl)nc2OC(c2ccccc2)C1. The van der Waals surface area contributed by atoms with Crippen LogP contribution in [0.4, 0.5) is 4.39 Å². The van der Waals surface area contributed by atoms with E-state index in [0.717, 1.165) is 11.1 Å². The van der Waals surface area contributed by atoms with E-state index < -0.39 is 0 Å². The van der Waals surface area contributed by atoms with Crippen molar-refractivity contribution in [3.8, 4) is 5.88 Å². The molecule has 1 aliphatic rings. The molecule has 2 heterocycles. The zero-order valence-corrected chi connectivity index (χ0v) is 12.3. The van der Waals surface area contributed by atoms with E-state index in [0.29, 0.717) is 30.7 Å². The van der Waals surface area contributed by atoms with Gasteiger partial charge in [0.25, 0.3) is 0 Å². The molecule has 2 aromatic rings. The molecule has 1 aliphatic heterocycles. The lowest BCUT2D eigenvalue weighted by atomic mass is 10.1. The molecule has 1 atom stereocenters. The third-order valence-electron chi connectivity index (χ3n) is 3.55. The molecule has 5 heteroatoms. The van der Waals surface area contributed by atoms with Crippen molar-refractivity contribution in [3.63, 3.8) is 0 Å². The molecule has 0 bridgehead atoms. The first-order valence-electron chi connectivity index (χ1n) is 6.91. The number of benzene rings is 1. The normalized spacial score (nSPS) is 18.7. The number of rotatable bonds is 3. The summed E-state index contributed by atoms with van der Waals surface area (Å²) in [5, 5.41) is 0.402. The molecule has 0 N–H and O–H groups in total. The minimum atomic E-state index is -0.377. The van der Waals surface area contributed by atoms with Gasteiger partial charge in [0.15, 0.2) is 0 Å². The second-order valence-electron chi connectivity index (χ2n) is 5.04. The van der Waals surface area contributed by atoms with Gasteiger partial charge in [-0.3, -0.25) is 4.90 Å². The maximum Gasteiger partial charge on any atom is 0.219 e. The minimum absolute atomic E-state index is 0.176. The first-order valence-corrected chi connectivity index (χ1v) is 7.29. The van der Waals surface area contributed by atoms with Crippen molar-refractivity contribution in [2.24, 2.45) is 0 Å². The van der Waals surface area contributed by atoms with Gasteiger partial charge in [-0.1, -0.05) is 41.9 Å². The van der Waals surface area contributed by atoms with Gasteiger partial charge in [-0.05, 0) is 17.7 Å². The number of aromatic nitrogens is 1. The first kappa shape index (κ1) is 14.3. The van der Waals surface area contributed by atoms with Crippen LogP contribution in [0.5, 0.6) is 5.88 Å². The van der Waals surface area contributed by atoms with Crippen molar-refractivity contribution in [3.05, 3.63) is 58.7 Å². The number of alkyl halides is 1. The number of pyridine rings is 1. The predicted molar refractivity (Wildman–Crippen MR) is 80.3 cm³/mol. The third kappa shape index (κ3) is 3.34. The van der Waals surface area contributed by atoms with Crippen LogP contribution in [0.2, 0.25) is 5.15 Å². The Balaban J connectivity index is 1.94. The second kappa shape index (κ2) is 6.41. The first-order chi connectivity index (χ1) is 10.3. The van der Waals surface area contributed by atoms with Crippen molar-refractivity contribution >= 4 is 11.6 Å². The molecule has 110 valence electrons. The van der Waals surface area contributed by atoms with E-state index in [4.69, 9.17) is 16.3 Å². The van der Waals surface area contributed by atoms with Crippen molar-refractivity contribution in [1.29, 1.82) is 0 Å². The summed E-state index contributed by atoms with van der Waals surface area (Å²) in [6, 6.07) is 13.5. The van der Waals surface area contributed by atoms with Crippen molar-refractivity contribution in [2.45, 2.75) is 12.6 Å². The number of ether oxygens (including phenoxy) is 1. The molecule has 0 aliphatic carbocycles. The van der Waals surface area contributed by atoms with E-state index in [1.54, 1.807) is 6.07 Å². The maximum atomic E-state index is 12.8. The number of halogens is 2. The standard InChI is InChI=1S/C16H16ClFN2O/c17-15-7-6-13-10-20(9-8-18)11-14(21-16(13)19-15)12-4-2-1-3-5-12/h1-7,14H,8-11H2. The monoisotopic (exact) mass is 306 g/mol. The lowest BCUT2D eigenvalue weighted by Crippen LogP contribution is -2.29. The third-order valence-corrected chi connectivity index (χ3v) is 3.76. The number of nitrogens with zero attached hydrogens (tertiary/aromatic N) is 2. The molecular weight excluding hydrogens is 291 g/mol. The molecule has 1 aromatic carbocycles. The summed E-state index contributed by atoms with van der Waals surface area (Å²) in [5.41, 5.74) is 1.99. The van der Waals surface area contributed by atoms with E-state index in [-0.39, 0.29) is 12.8 Å². The fourth-order valence-corrected chi connectivity index (χ4v) is 2.65. The van der Waals surface area contributed by atoms with Gasteiger partial charge >= 0.3 is 0 Å². The molecule has 0 spiro atoms. The van der Waals surface area contributed by atoms with Crippen LogP contribution < -0.4 is 4.74 Å². The number of hydrogen-bond acceptors (Lipinski definition) is 3. The maximum absolute atomic E-state index is 12.8. The van der Waals surface area contributed by atoms with Gasteiger partial charge in [0.1, 0.15) is 17.9 Å². The Hall–Kier alpha value is -1.65. The molecule has 3 nitrogen and oxygen atoms in total. The lowest BCUT2D eigenvalue weighted by Gasteiger charge is -2.22. The average molecular weight is 307 g/mol. The van der Waals surface area contributed by atoms with E-state index in [9.17, 15) is 4.39 Å². The fraction of sp³-hybridized carbons (Fsp3) is 0.312. The van der Waals surface area contributed by atoms with Crippen molar-refractivity contribution in [2.75, 3.05) is 19.8 Å². The summed E-state index contributed by atoms with van der Waals surface area (Å²) < 4.78 is 18.8. The van der Waals surface area contributed by atoms with E-state index in [2.05, 4.69) is 4.98 Å². The smallest absolute Gasteiger partial charge is 0.219 e. The van der Waals surface area contributed by atoms with Crippen LogP contribution in [0, 0.1) is 0 Å². The Kier molecular flexibility index (Phi) is 4.36. The Morgan fingerprint density at radius 2 is 2.05 bits per heavy atom. The predicted octanol–water partition coefficient (Wildman–Crippen LogP) is 3.64. The Labute approximate surface area is 128 Å². The molecule has 1 unspecified atom stereocenters. The van der Waals surface area contributed by atoms with Gasteiger partial charge in [-0.25, -0.2) is 9.37 Å². The van der Waals surface area contributed by atoms with Gasteiger partial charge in [-0.2, -0.15) is 0 Å². The van der Waals surface area contributed by atoms with Crippen LogP contribution in [-0.2, 0) is 6.54 Å². The summed E-state index contributed by atoms with van der Waals surface area (Å²) in [4.78, 5) is 6.31. The van der Waals surface area contributed by atoms with Gasteiger partial charge < -0.3 is 4.74 Å². The van der Waals surface area contributed by atoms with Crippen LogP contribution in [0.25, 0.3) is 0 Å². The summed E-state index contributed by atoms with van der Waals surface area (Å²) in [6.07, 6.45) is -0.176. The van der Waals surface area contributed by atoms with Crippen molar-refractivity contribution in [1.82, 2.24) is 9.88 Å². The number of hydrogen-bond donors (Lipinski definition) is 0. The Bertz CT molecular complexity index is 608. The zero-order valence-electron chi connectivity index (χ0n) is 11.5. The second-order valence-corrected chi connectivity index (χ2v) is 5.43. The van der Waals surface area contributed by atoms with Crippen LogP contribution in [-0.4, -0.2) is 29.6 Å². The zero-order chi connectivity index (χ0) is 14.7. The van der Waals surface area contributed by atoms with Crippen LogP contribution >= 0.6 is 11.6 Å². The largest absolute Gasteiger partial charge is 0.468 e. The molecular formula is C16H16ClFN2O. The highest BCUT2D eigenvalue weighted by Gasteiger charge is 2.25. The fourth-order valence-electron chi connectivity index (χ4n) is 2.51. The summed E-state index contributed by atoms with van der Waals surface area (Å²) in [6.45, 7) is 1.25. The summed E-state index contributed by atoms with van der Waals surface area (Å²) >= 11 is 5.96. The van der Waals surface area contributed by atoms with Crippen LogP contribution in [0.3, 0.4) is 0 Å².